The molecule has 0 bridgehead atoms. The molecule has 0 N–H and O–H groups in total. The van der Waals surface area contributed by atoms with E-state index in [9.17, 15) is 4.79 Å². The van der Waals surface area contributed by atoms with Gasteiger partial charge in [0.15, 0.2) is 0 Å². The van der Waals surface area contributed by atoms with Gasteiger partial charge < -0.3 is 4.90 Å². The minimum absolute atomic E-state index is 0.0715. The second-order valence-electron chi connectivity index (χ2n) is 6.08. The molecule has 4 aromatic rings. The highest BCUT2D eigenvalue weighted by atomic mass is 32.1. The first-order valence-corrected chi connectivity index (χ1v) is 10.3. The van der Waals surface area contributed by atoms with Crippen molar-refractivity contribution in [2.45, 2.75) is 13.5 Å². The lowest BCUT2D eigenvalue weighted by Gasteiger charge is -2.22. The molecule has 27 heavy (non-hydrogen) atoms. The number of thiophene rings is 1. The van der Waals surface area contributed by atoms with E-state index in [1.807, 2.05) is 83.9 Å². The lowest BCUT2D eigenvalue weighted by molar-refractivity contribution is 0.0981. The van der Waals surface area contributed by atoms with Gasteiger partial charge in [0.1, 0.15) is 5.69 Å². The number of para-hydroxylation sites is 1. The number of aromatic nitrogens is 1. The van der Waals surface area contributed by atoms with Crippen LogP contribution in [0.25, 0.3) is 10.4 Å². The Morgan fingerprint density at radius 1 is 0.963 bits per heavy atom. The summed E-state index contributed by atoms with van der Waals surface area (Å²) in [4.78, 5) is 22.0. The lowest BCUT2D eigenvalue weighted by atomic mass is 10.1. The Balaban J connectivity index is 1.76. The van der Waals surface area contributed by atoms with Crippen LogP contribution in [0.15, 0.2) is 78.2 Å². The molecule has 4 rings (SSSR count). The van der Waals surface area contributed by atoms with Crippen LogP contribution in [0, 0.1) is 6.92 Å². The first-order valence-electron chi connectivity index (χ1n) is 8.64. The van der Waals surface area contributed by atoms with E-state index in [0.29, 0.717) is 12.2 Å². The van der Waals surface area contributed by atoms with Crippen LogP contribution < -0.4 is 4.90 Å². The van der Waals surface area contributed by atoms with Crippen molar-refractivity contribution in [2.24, 2.45) is 0 Å². The van der Waals surface area contributed by atoms with Gasteiger partial charge in [0, 0.05) is 10.6 Å². The van der Waals surface area contributed by atoms with Crippen LogP contribution in [0.3, 0.4) is 0 Å². The van der Waals surface area contributed by atoms with E-state index >= 15 is 0 Å². The van der Waals surface area contributed by atoms with Crippen molar-refractivity contribution in [3.63, 3.8) is 0 Å². The van der Waals surface area contributed by atoms with Crippen molar-refractivity contribution >= 4 is 34.3 Å². The third kappa shape index (κ3) is 3.84. The fourth-order valence-corrected chi connectivity index (χ4v) is 4.54. The SMILES string of the molecule is Cc1nc(C(=O)N(Cc2cccs2)c2ccccc2)c(-c2ccccc2)s1. The Bertz CT molecular complexity index is 1020. The molecule has 0 atom stereocenters. The van der Waals surface area contributed by atoms with Crippen molar-refractivity contribution in [3.8, 4) is 10.4 Å². The predicted octanol–water partition coefficient (Wildman–Crippen LogP) is 6.03. The molecule has 0 saturated carbocycles. The molecule has 2 aromatic carbocycles. The van der Waals surface area contributed by atoms with Gasteiger partial charge in [-0.3, -0.25) is 4.79 Å². The molecule has 2 heterocycles. The molecule has 0 unspecified atom stereocenters. The van der Waals surface area contributed by atoms with Crippen molar-refractivity contribution in [3.05, 3.63) is 93.8 Å². The summed E-state index contributed by atoms with van der Waals surface area (Å²) in [5.41, 5.74) is 2.42. The summed E-state index contributed by atoms with van der Waals surface area (Å²) in [7, 11) is 0. The summed E-state index contributed by atoms with van der Waals surface area (Å²) < 4.78 is 0. The summed E-state index contributed by atoms with van der Waals surface area (Å²) >= 11 is 3.21. The molecule has 1 amide bonds. The average molecular weight is 391 g/mol. The molecule has 0 aliphatic rings. The van der Waals surface area contributed by atoms with Gasteiger partial charge in [0.25, 0.3) is 5.91 Å². The van der Waals surface area contributed by atoms with Crippen molar-refractivity contribution in [2.75, 3.05) is 4.90 Å². The Hall–Kier alpha value is -2.76. The van der Waals surface area contributed by atoms with E-state index < -0.39 is 0 Å². The third-order valence-corrected chi connectivity index (χ3v) is 6.06. The number of aryl methyl sites for hydroxylation is 1. The van der Waals surface area contributed by atoms with Crippen molar-refractivity contribution in [1.82, 2.24) is 4.98 Å². The predicted molar refractivity (Wildman–Crippen MR) is 114 cm³/mol. The topological polar surface area (TPSA) is 33.2 Å². The van der Waals surface area contributed by atoms with Gasteiger partial charge in [-0.2, -0.15) is 0 Å². The Kier molecular flexibility index (Phi) is 5.14. The van der Waals surface area contributed by atoms with Gasteiger partial charge >= 0.3 is 0 Å². The summed E-state index contributed by atoms with van der Waals surface area (Å²) in [5.74, 6) is -0.0715. The first kappa shape index (κ1) is 17.6. The van der Waals surface area contributed by atoms with E-state index in [4.69, 9.17) is 0 Å². The van der Waals surface area contributed by atoms with Crippen LogP contribution in [-0.4, -0.2) is 10.9 Å². The van der Waals surface area contributed by atoms with E-state index in [2.05, 4.69) is 11.1 Å². The van der Waals surface area contributed by atoms with Gasteiger partial charge in [0.2, 0.25) is 0 Å². The molecule has 0 aliphatic carbocycles. The quantitative estimate of drug-likeness (QED) is 0.417. The highest BCUT2D eigenvalue weighted by Crippen LogP contribution is 2.32. The minimum atomic E-state index is -0.0715. The van der Waals surface area contributed by atoms with Gasteiger partial charge in [-0.25, -0.2) is 4.98 Å². The summed E-state index contributed by atoms with van der Waals surface area (Å²) in [6.07, 6.45) is 0. The monoisotopic (exact) mass is 390 g/mol. The molecule has 5 heteroatoms. The number of hydrogen-bond acceptors (Lipinski definition) is 4. The van der Waals surface area contributed by atoms with Crippen LogP contribution in [-0.2, 0) is 6.54 Å². The molecule has 2 aromatic heterocycles. The second kappa shape index (κ2) is 7.86. The van der Waals surface area contributed by atoms with E-state index in [0.717, 1.165) is 26.0 Å². The van der Waals surface area contributed by atoms with Crippen LogP contribution in [0.2, 0.25) is 0 Å². The molecule has 134 valence electrons. The van der Waals surface area contributed by atoms with Gasteiger partial charge in [-0.05, 0) is 36.1 Å². The average Bonchev–Trinajstić information content (AvgIpc) is 3.36. The molecule has 0 radical (unpaired) electrons. The Morgan fingerprint density at radius 2 is 1.67 bits per heavy atom. The maximum absolute atomic E-state index is 13.6. The molecule has 0 spiro atoms. The standard InChI is InChI=1S/C22H18N2OS2/c1-16-23-20(21(27-16)17-9-4-2-5-10-17)22(25)24(15-19-13-8-14-26-19)18-11-6-3-7-12-18/h2-14H,15H2,1H3. The zero-order valence-corrected chi connectivity index (χ0v) is 16.5. The molecule has 3 nitrogen and oxygen atoms in total. The van der Waals surface area contributed by atoms with Crippen LogP contribution in [0.4, 0.5) is 5.69 Å². The number of benzene rings is 2. The van der Waals surface area contributed by atoms with Crippen LogP contribution >= 0.6 is 22.7 Å². The summed E-state index contributed by atoms with van der Waals surface area (Å²) in [6, 6.07) is 23.9. The van der Waals surface area contributed by atoms with Gasteiger partial charge in [-0.1, -0.05) is 54.6 Å². The van der Waals surface area contributed by atoms with E-state index in [1.165, 1.54) is 0 Å². The first-order chi connectivity index (χ1) is 13.2. The van der Waals surface area contributed by atoms with Crippen LogP contribution in [0.1, 0.15) is 20.4 Å². The number of carbonyl (C=O) groups excluding carboxylic acids is 1. The maximum Gasteiger partial charge on any atom is 0.278 e. The fraction of sp³-hybridized carbons (Fsp3) is 0.0909. The number of nitrogens with zero attached hydrogens (tertiary/aromatic N) is 2. The lowest BCUT2D eigenvalue weighted by Crippen LogP contribution is -2.30. The largest absolute Gasteiger partial charge is 0.302 e. The third-order valence-electron chi connectivity index (χ3n) is 4.18. The second-order valence-corrected chi connectivity index (χ2v) is 8.32. The van der Waals surface area contributed by atoms with Crippen LogP contribution in [0.5, 0.6) is 0 Å². The minimum Gasteiger partial charge on any atom is -0.302 e. The summed E-state index contributed by atoms with van der Waals surface area (Å²) in [6.45, 7) is 2.48. The number of rotatable bonds is 5. The number of carbonyl (C=O) groups is 1. The molecular formula is C22H18N2OS2. The van der Waals surface area contributed by atoms with Crippen molar-refractivity contribution in [1.29, 1.82) is 0 Å². The number of amides is 1. The van der Waals surface area contributed by atoms with Gasteiger partial charge in [-0.15, -0.1) is 22.7 Å². The Morgan fingerprint density at radius 3 is 2.33 bits per heavy atom. The number of thiazole rings is 1. The van der Waals surface area contributed by atoms with E-state index in [-0.39, 0.29) is 5.91 Å². The summed E-state index contributed by atoms with van der Waals surface area (Å²) in [5, 5.41) is 2.92. The zero-order valence-electron chi connectivity index (χ0n) is 14.8. The molecule has 0 saturated heterocycles. The molecule has 0 fully saturated rings. The Labute approximate surface area is 166 Å². The zero-order chi connectivity index (χ0) is 18.6. The smallest absolute Gasteiger partial charge is 0.278 e. The number of hydrogen-bond donors (Lipinski definition) is 0. The molecule has 0 aliphatic heterocycles. The number of anilines is 1. The maximum atomic E-state index is 13.6. The normalized spacial score (nSPS) is 10.7. The highest BCUT2D eigenvalue weighted by molar-refractivity contribution is 7.15. The molecular weight excluding hydrogens is 372 g/mol. The van der Waals surface area contributed by atoms with Gasteiger partial charge in [0.05, 0.1) is 16.4 Å². The fourth-order valence-electron chi connectivity index (χ4n) is 2.93. The van der Waals surface area contributed by atoms with E-state index in [1.54, 1.807) is 22.7 Å². The highest BCUT2D eigenvalue weighted by Gasteiger charge is 2.25. The van der Waals surface area contributed by atoms with Crippen molar-refractivity contribution < 1.29 is 4.79 Å².